The van der Waals surface area contributed by atoms with Gasteiger partial charge in [-0.1, -0.05) is 30.3 Å². The van der Waals surface area contributed by atoms with Gasteiger partial charge in [0.15, 0.2) is 0 Å². The van der Waals surface area contributed by atoms with Crippen molar-refractivity contribution in [2.45, 2.75) is 44.7 Å². The number of ether oxygens (including phenoxy) is 3. The molecule has 1 unspecified atom stereocenters. The Kier molecular flexibility index (Phi) is 5.03. The Morgan fingerprint density at radius 3 is 2.36 bits per heavy atom. The molecule has 0 radical (unpaired) electrons. The number of amides is 1. The van der Waals surface area contributed by atoms with E-state index in [0.717, 1.165) is 17.6 Å². The van der Waals surface area contributed by atoms with Gasteiger partial charge < -0.3 is 19.9 Å². The number of methoxy groups -OCH3 is 1. The molecule has 0 saturated carbocycles. The number of rotatable bonds is 4. The molecule has 1 saturated heterocycles. The summed E-state index contributed by atoms with van der Waals surface area (Å²) in [5.41, 5.74) is 3.80. The van der Waals surface area contributed by atoms with Crippen LogP contribution in [0.1, 0.15) is 26.3 Å². The number of carbonyl (C=O) groups is 3. The largest absolute Gasteiger partial charge is 0.467 e. The molecule has 1 fully saturated rings. The maximum Gasteiger partial charge on any atom is 0.413 e. The summed E-state index contributed by atoms with van der Waals surface area (Å²) in [5, 5.41) is 0. The highest BCUT2D eigenvalue weighted by Gasteiger charge is 2.66. The van der Waals surface area contributed by atoms with E-state index < -0.39 is 35.4 Å². The summed E-state index contributed by atoms with van der Waals surface area (Å²) in [5.74, 6) is -1.93. The highest BCUT2D eigenvalue weighted by Crippen LogP contribution is 2.31. The van der Waals surface area contributed by atoms with E-state index >= 15 is 0 Å². The number of esters is 2. The van der Waals surface area contributed by atoms with Gasteiger partial charge in [-0.15, -0.1) is 0 Å². The van der Waals surface area contributed by atoms with Gasteiger partial charge in [-0.2, -0.15) is 0 Å². The molecular formula is C17H22N2O6. The number of cyclic esters (lactones) is 1. The van der Waals surface area contributed by atoms with Crippen LogP contribution in [0.5, 0.6) is 0 Å². The van der Waals surface area contributed by atoms with E-state index in [9.17, 15) is 14.4 Å². The van der Waals surface area contributed by atoms with Crippen LogP contribution in [0, 0.1) is 0 Å². The van der Waals surface area contributed by atoms with Crippen LogP contribution in [-0.4, -0.2) is 47.4 Å². The number of nitrogens with two attached hydrogens (primary N) is 1. The SMILES string of the molecule is COC(=O)C1(N)C(=O)O[C@H]1N(Cc1ccccc1)C(=O)OC(C)(C)C. The molecule has 0 aliphatic carbocycles. The molecule has 0 aromatic heterocycles. The average Bonchev–Trinajstić information content (AvgIpc) is 2.55. The second kappa shape index (κ2) is 6.72. The average molecular weight is 350 g/mol. The molecule has 1 aromatic carbocycles. The molecule has 8 nitrogen and oxygen atoms in total. The lowest BCUT2D eigenvalue weighted by Gasteiger charge is -2.46. The maximum atomic E-state index is 12.6. The molecule has 25 heavy (non-hydrogen) atoms. The van der Waals surface area contributed by atoms with Gasteiger partial charge in [0.25, 0.3) is 5.54 Å². The van der Waals surface area contributed by atoms with Gasteiger partial charge in [-0.05, 0) is 26.3 Å². The lowest BCUT2D eigenvalue weighted by atomic mass is 9.92. The molecule has 0 bridgehead atoms. The van der Waals surface area contributed by atoms with Crippen molar-refractivity contribution in [2.75, 3.05) is 7.11 Å². The van der Waals surface area contributed by atoms with Crippen LogP contribution >= 0.6 is 0 Å². The normalized spacial score (nSPS) is 22.4. The van der Waals surface area contributed by atoms with Crippen LogP contribution in [0.15, 0.2) is 30.3 Å². The first-order valence-electron chi connectivity index (χ1n) is 7.71. The van der Waals surface area contributed by atoms with Gasteiger partial charge >= 0.3 is 18.0 Å². The lowest BCUT2D eigenvalue weighted by Crippen LogP contribution is -2.78. The molecule has 0 spiro atoms. The van der Waals surface area contributed by atoms with Crippen molar-refractivity contribution in [2.24, 2.45) is 5.73 Å². The van der Waals surface area contributed by atoms with Gasteiger partial charge in [-0.3, -0.25) is 4.90 Å². The lowest BCUT2D eigenvalue weighted by molar-refractivity contribution is -0.218. The third-order valence-electron chi connectivity index (χ3n) is 3.58. The fraction of sp³-hybridized carbons (Fsp3) is 0.471. The second-order valence-corrected chi connectivity index (χ2v) is 6.71. The number of hydrogen-bond acceptors (Lipinski definition) is 7. The zero-order valence-corrected chi connectivity index (χ0v) is 14.6. The number of hydrogen-bond donors (Lipinski definition) is 1. The molecule has 1 aliphatic heterocycles. The Hall–Kier alpha value is -2.61. The van der Waals surface area contributed by atoms with Crippen LogP contribution in [0.4, 0.5) is 4.79 Å². The van der Waals surface area contributed by atoms with Crippen LogP contribution < -0.4 is 5.73 Å². The molecule has 1 aromatic rings. The maximum absolute atomic E-state index is 12.6. The summed E-state index contributed by atoms with van der Waals surface area (Å²) in [6.07, 6.45) is -2.07. The van der Waals surface area contributed by atoms with Gasteiger partial charge in [0.05, 0.1) is 13.7 Å². The molecular weight excluding hydrogens is 328 g/mol. The van der Waals surface area contributed by atoms with Gasteiger partial charge in [-0.25, -0.2) is 14.4 Å². The van der Waals surface area contributed by atoms with Crippen molar-refractivity contribution in [1.82, 2.24) is 4.90 Å². The minimum Gasteiger partial charge on any atom is -0.467 e. The summed E-state index contributed by atoms with van der Waals surface area (Å²) in [7, 11) is 1.11. The van der Waals surface area contributed by atoms with E-state index in [2.05, 4.69) is 4.74 Å². The van der Waals surface area contributed by atoms with E-state index in [-0.39, 0.29) is 6.54 Å². The highest BCUT2D eigenvalue weighted by atomic mass is 16.6. The molecule has 2 rings (SSSR count). The highest BCUT2D eigenvalue weighted by molar-refractivity contribution is 6.09. The minimum absolute atomic E-state index is 0.0453. The number of carbonyl (C=O) groups excluding carboxylic acids is 3. The number of nitrogens with zero attached hydrogens (tertiary/aromatic N) is 1. The quantitative estimate of drug-likeness (QED) is 0.493. The van der Waals surface area contributed by atoms with E-state index in [4.69, 9.17) is 15.2 Å². The molecule has 1 amide bonds. The Labute approximate surface area is 145 Å². The van der Waals surface area contributed by atoms with Gasteiger partial charge in [0.2, 0.25) is 6.23 Å². The summed E-state index contributed by atoms with van der Waals surface area (Å²) >= 11 is 0. The first-order chi connectivity index (χ1) is 11.6. The second-order valence-electron chi connectivity index (χ2n) is 6.71. The monoisotopic (exact) mass is 350 g/mol. The van der Waals surface area contributed by atoms with Crippen molar-refractivity contribution >= 4 is 18.0 Å². The standard InChI is InChI=1S/C17H22N2O6/c1-16(2,3)25-15(22)19(10-11-8-6-5-7-9-11)12-17(18,13(20)23-4)14(21)24-12/h5-9,12H,10,18H2,1-4H3/t12-,17?/m1/s1. The summed E-state index contributed by atoms with van der Waals surface area (Å²) in [6.45, 7) is 5.15. The third-order valence-corrected chi connectivity index (χ3v) is 3.58. The van der Waals surface area contributed by atoms with Crippen molar-refractivity contribution in [3.63, 3.8) is 0 Å². The smallest absolute Gasteiger partial charge is 0.413 e. The molecule has 2 N–H and O–H groups in total. The topological polar surface area (TPSA) is 108 Å². The van der Waals surface area contributed by atoms with Crippen molar-refractivity contribution in [3.05, 3.63) is 35.9 Å². The van der Waals surface area contributed by atoms with Gasteiger partial charge in [0.1, 0.15) is 5.60 Å². The molecule has 136 valence electrons. The Balaban J connectivity index is 2.33. The number of benzene rings is 1. The van der Waals surface area contributed by atoms with Crippen LogP contribution in [-0.2, 0) is 30.3 Å². The predicted octanol–water partition coefficient (Wildman–Crippen LogP) is 1.18. The Bertz CT molecular complexity index is 669. The first-order valence-corrected chi connectivity index (χ1v) is 7.71. The zero-order chi connectivity index (χ0) is 18.8. The summed E-state index contributed by atoms with van der Waals surface area (Å²) in [4.78, 5) is 37.5. The molecule has 1 heterocycles. The van der Waals surface area contributed by atoms with E-state index in [0.29, 0.717) is 0 Å². The summed E-state index contributed by atoms with van der Waals surface area (Å²) in [6, 6.07) is 8.99. The predicted molar refractivity (Wildman–Crippen MR) is 87.0 cm³/mol. The van der Waals surface area contributed by atoms with E-state index in [1.807, 2.05) is 6.07 Å². The zero-order valence-electron chi connectivity index (χ0n) is 14.6. The fourth-order valence-electron chi connectivity index (χ4n) is 2.34. The molecule has 1 aliphatic rings. The van der Waals surface area contributed by atoms with Crippen molar-refractivity contribution in [3.8, 4) is 0 Å². The summed E-state index contributed by atoms with van der Waals surface area (Å²) < 4.78 is 15.0. The van der Waals surface area contributed by atoms with E-state index in [1.165, 1.54) is 0 Å². The Morgan fingerprint density at radius 2 is 1.88 bits per heavy atom. The fourth-order valence-corrected chi connectivity index (χ4v) is 2.34. The van der Waals surface area contributed by atoms with Crippen LogP contribution in [0.25, 0.3) is 0 Å². The van der Waals surface area contributed by atoms with Crippen molar-refractivity contribution in [1.29, 1.82) is 0 Å². The third kappa shape index (κ3) is 3.74. The molecule has 8 heteroatoms. The van der Waals surface area contributed by atoms with Crippen LogP contribution in [0.3, 0.4) is 0 Å². The molecule has 2 atom stereocenters. The van der Waals surface area contributed by atoms with Crippen molar-refractivity contribution < 1.29 is 28.6 Å². The van der Waals surface area contributed by atoms with Crippen LogP contribution in [0.2, 0.25) is 0 Å². The Morgan fingerprint density at radius 1 is 1.28 bits per heavy atom. The first kappa shape index (κ1) is 18.7. The van der Waals surface area contributed by atoms with E-state index in [1.54, 1.807) is 45.0 Å². The van der Waals surface area contributed by atoms with Gasteiger partial charge in [0, 0.05) is 0 Å². The minimum atomic E-state index is -2.08.